The fourth-order valence-corrected chi connectivity index (χ4v) is 0.0390. The first kappa shape index (κ1) is 9.91. The fourth-order valence-electron chi connectivity index (χ4n) is 0.0390. The molecule has 6 nitrogen and oxygen atoms in total. The summed E-state index contributed by atoms with van der Waals surface area (Å²) in [6, 6.07) is 0. The van der Waals surface area contributed by atoms with E-state index in [-0.39, 0.29) is 0 Å². The number of carbonyl (C=O) groups excluding carboxylic acids is 1. The minimum Gasteiger partial charge on any atom is -0.463 e. The Morgan fingerprint density at radius 1 is 1.62 bits per heavy atom. The Morgan fingerprint density at radius 3 is 2.00 bits per heavy atom. The van der Waals surface area contributed by atoms with Crippen LogP contribution in [0.4, 0.5) is 4.79 Å². The SMILES string of the molecule is NN.O=C=NC(=O)O. The van der Waals surface area contributed by atoms with Crippen molar-refractivity contribution >= 4 is 12.2 Å². The number of hydrogen-bond donors (Lipinski definition) is 3. The molecular formula is C2H5N3O3. The van der Waals surface area contributed by atoms with Crippen molar-refractivity contribution in [3.8, 4) is 0 Å². The summed E-state index contributed by atoms with van der Waals surface area (Å²) < 4.78 is 0. The van der Waals surface area contributed by atoms with E-state index < -0.39 is 6.09 Å². The third-order valence-corrected chi connectivity index (χ3v) is 0.141. The van der Waals surface area contributed by atoms with Gasteiger partial charge in [0.05, 0.1) is 0 Å². The summed E-state index contributed by atoms with van der Waals surface area (Å²) in [5.41, 5.74) is 0. The van der Waals surface area contributed by atoms with Crippen LogP contribution in [0.5, 0.6) is 0 Å². The van der Waals surface area contributed by atoms with Gasteiger partial charge in [0.25, 0.3) is 0 Å². The van der Waals surface area contributed by atoms with Crippen molar-refractivity contribution < 1.29 is 14.7 Å². The Morgan fingerprint density at radius 2 is 2.00 bits per heavy atom. The monoisotopic (exact) mass is 119 g/mol. The number of hydrazine groups is 1. The van der Waals surface area contributed by atoms with Crippen LogP contribution >= 0.6 is 0 Å². The molecule has 0 bridgehead atoms. The third-order valence-electron chi connectivity index (χ3n) is 0.141. The van der Waals surface area contributed by atoms with E-state index in [2.05, 4.69) is 16.7 Å². The normalized spacial score (nSPS) is 5.25. The van der Waals surface area contributed by atoms with E-state index in [1.807, 2.05) is 0 Å². The van der Waals surface area contributed by atoms with E-state index in [0.29, 0.717) is 0 Å². The molecule has 8 heavy (non-hydrogen) atoms. The van der Waals surface area contributed by atoms with E-state index in [4.69, 9.17) is 9.90 Å². The Hall–Kier alpha value is -1.23. The highest BCUT2D eigenvalue weighted by Gasteiger charge is 1.80. The molecule has 46 valence electrons. The Bertz CT molecular complexity index is 105. The highest BCUT2D eigenvalue weighted by molar-refractivity contribution is 5.71. The van der Waals surface area contributed by atoms with Gasteiger partial charge in [-0.2, -0.15) is 0 Å². The van der Waals surface area contributed by atoms with Crippen LogP contribution in [-0.4, -0.2) is 17.3 Å². The van der Waals surface area contributed by atoms with Gasteiger partial charge in [0.1, 0.15) is 0 Å². The van der Waals surface area contributed by atoms with Crippen molar-refractivity contribution in [1.29, 1.82) is 0 Å². The van der Waals surface area contributed by atoms with Gasteiger partial charge in [-0.25, -0.2) is 9.59 Å². The Labute approximate surface area is 44.8 Å². The summed E-state index contributed by atoms with van der Waals surface area (Å²) in [7, 11) is 0. The van der Waals surface area contributed by atoms with E-state index in [1.165, 1.54) is 0 Å². The zero-order valence-corrected chi connectivity index (χ0v) is 3.87. The zero-order chi connectivity index (χ0) is 6.99. The van der Waals surface area contributed by atoms with Crippen LogP contribution in [-0.2, 0) is 4.79 Å². The lowest BCUT2D eigenvalue weighted by atomic mass is 11.2. The van der Waals surface area contributed by atoms with Crippen LogP contribution in [0.25, 0.3) is 0 Å². The molecule has 0 aromatic heterocycles. The van der Waals surface area contributed by atoms with Gasteiger partial charge in [0.15, 0.2) is 0 Å². The molecule has 0 rings (SSSR count). The molecule has 0 unspecified atom stereocenters. The Kier molecular flexibility index (Phi) is 11.4. The highest BCUT2D eigenvalue weighted by Crippen LogP contribution is 1.60. The number of carboxylic acid groups (broad SMARTS) is 1. The van der Waals surface area contributed by atoms with E-state index in [9.17, 15) is 4.79 Å². The van der Waals surface area contributed by atoms with Crippen LogP contribution in [0, 0.1) is 0 Å². The van der Waals surface area contributed by atoms with Gasteiger partial charge in [-0.3, -0.25) is 11.7 Å². The molecule has 0 saturated heterocycles. The number of nitrogens with zero attached hydrogens (tertiary/aromatic N) is 1. The van der Waals surface area contributed by atoms with Gasteiger partial charge < -0.3 is 5.11 Å². The van der Waals surface area contributed by atoms with Gasteiger partial charge in [0, 0.05) is 0 Å². The second-order valence-corrected chi connectivity index (χ2v) is 0.486. The molecule has 0 saturated carbocycles. The maximum atomic E-state index is 9.17. The van der Waals surface area contributed by atoms with Crippen LogP contribution in [0.1, 0.15) is 0 Å². The van der Waals surface area contributed by atoms with Gasteiger partial charge in [0.2, 0.25) is 6.08 Å². The van der Waals surface area contributed by atoms with Gasteiger partial charge in [-0.15, -0.1) is 0 Å². The van der Waals surface area contributed by atoms with Crippen LogP contribution in [0.15, 0.2) is 4.99 Å². The van der Waals surface area contributed by atoms with Crippen molar-refractivity contribution in [2.24, 2.45) is 16.7 Å². The summed E-state index contributed by atoms with van der Waals surface area (Å²) >= 11 is 0. The van der Waals surface area contributed by atoms with E-state index >= 15 is 0 Å². The first-order valence-electron chi connectivity index (χ1n) is 1.41. The maximum Gasteiger partial charge on any atom is 0.442 e. The molecule has 0 heterocycles. The number of carbonyl (C=O) groups is 1. The predicted octanol–water partition coefficient (Wildman–Crippen LogP) is -1.18. The fraction of sp³-hybridized carbons (Fsp3) is 0. The minimum atomic E-state index is -1.51. The average molecular weight is 119 g/mol. The van der Waals surface area contributed by atoms with E-state index in [0.717, 1.165) is 6.08 Å². The smallest absolute Gasteiger partial charge is 0.442 e. The molecule has 0 aliphatic rings. The molecule has 1 amide bonds. The molecule has 0 fully saturated rings. The summed E-state index contributed by atoms with van der Waals surface area (Å²) in [6.07, 6.45) is -0.667. The average Bonchev–Trinajstić information content (AvgIpc) is 1.72. The zero-order valence-electron chi connectivity index (χ0n) is 3.87. The van der Waals surface area contributed by atoms with Gasteiger partial charge in [-0.05, 0) is 0 Å². The van der Waals surface area contributed by atoms with Crippen molar-refractivity contribution in [3.63, 3.8) is 0 Å². The van der Waals surface area contributed by atoms with E-state index in [1.54, 1.807) is 0 Å². The third kappa shape index (κ3) is 21.6. The first-order chi connectivity index (χ1) is 3.77. The number of hydrogen-bond acceptors (Lipinski definition) is 4. The topological polar surface area (TPSA) is 119 Å². The van der Waals surface area contributed by atoms with Crippen molar-refractivity contribution in [2.75, 3.05) is 0 Å². The number of amides is 1. The van der Waals surface area contributed by atoms with Crippen molar-refractivity contribution in [1.82, 2.24) is 0 Å². The van der Waals surface area contributed by atoms with Gasteiger partial charge in [-0.1, -0.05) is 4.99 Å². The highest BCUT2D eigenvalue weighted by atomic mass is 16.4. The molecule has 0 radical (unpaired) electrons. The quantitative estimate of drug-likeness (QED) is 0.160. The second-order valence-electron chi connectivity index (χ2n) is 0.486. The number of nitrogens with two attached hydrogens (primary N) is 2. The van der Waals surface area contributed by atoms with Crippen molar-refractivity contribution in [3.05, 3.63) is 0 Å². The lowest BCUT2D eigenvalue weighted by Gasteiger charge is -1.62. The standard InChI is InChI=1S/C2HNO3.H4N2/c4-1-3-2(5)6;1-2/h(H,5,6);1-2H2. The maximum absolute atomic E-state index is 9.17. The summed E-state index contributed by atoms with van der Waals surface area (Å²) in [6.45, 7) is 0. The molecule has 6 heteroatoms. The molecule has 0 aromatic carbocycles. The van der Waals surface area contributed by atoms with Crippen LogP contribution in [0.3, 0.4) is 0 Å². The largest absolute Gasteiger partial charge is 0.463 e. The van der Waals surface area contributed by atoms with Crippen LogP contribution in [0.2, 0.25) is 0 Å². The number of rotatable bonds is 0. The minimum absolute atomic E-state index is 0.843. The molecular weight excluding hydrogens is 114 g/mol. The molecule has 0 atom stereocenters. The molecule has 0 aliphatic heterocycles. The predicted molar refractivity (Wildman–Crippen MR) is 24.5 cm³/mol. The van der Waals surface area contributed by atoms with Crippen molar-refractivity contribution in [2.45, 2.75) is 0 Å². The summed E-state index contributed by atoms with van der Waals surface area (Å²) in [5, 5.41) is 7.48. The van der Waals surface area contributed by atoms with Crippen LogP contribution < -0.4 is 11.7 Å². The Balaban J connectivity index is 0. The molecule has 5 N–H and O–H groups in total. The summed E-state index contributed by atoms with van der Waals surface area (Å²) in [4.78, 5) is 20.3. The number of aliphatic imine (C=N–C) groups is 1. The second kappa shape index (κ2) is 9.24. The first-order valence-corrected chi connectivity index (χ1v) is 1.41. The van der Waals surface area contributed by atoms with Gasteiger partial charge >= 0.3 is 6.09 Å². The number of isocyanates is 1. The molecule has 0 aromatic rings. The lowest BCUT2D eigenvalue weighted by molar-refractivity contribution is 0.205. The summed E-state index contributed by atoms with van der Waals surface area (Å²) in [5.74, 6) is 8.00. The molecule has 0 aliphatic carbocycles. The molecule has 0 spiro atoms. The lowest BCUT2D eigenvalue weighted by Crippen LogP contribution is -2.02.